The number of sulfonamides is 1. The van der Waals surface area contributed by atoms with E-state index in [0.29, 0.717) is 24.7 Å². The van der Waals surface area contributed by atoms with Crippen LogP contribution in [-0.2, 0) is 10.0 Å². The maximum atomic E-state index is 12.8. The SMILES string of the molecule is CC(=O)c1ccc(S(=O)(=O)N2CCN(C3CCCCC3)CC2)cc1. The van der Waals surface area contributed by atoms with E-state index in [2.05, 4.69) is 4.90 Å². The van der Waals surface area contributed by atoms with Crippen LogP contribution >= 0.6 is 0 Å². The smallest absolute Gasteiger partial charge is 0.243 e. The quantitative estimate of drug-likeness (QED) is 0.783. The topological polar surface area (TPSA) is 57.7 Å². The summed E-state index contributed by atoms with van der Waals surface area (Å²) in [5.74, 6) is -0.0555. The molecule has 1 aliphatic heterocycles. The van der Waals surface area contributed by atoms with Crippen molar-refractivity contribution < 1.29 is 13.2 Å². The summed E-state index contributed by atoms with van der Waals surface area (Å²) in [6, 6.07) is 6.90. The third-order valence-electron chi connectivity index (χ3n) is 5.26. The van der Waals surface area contributed by atoms with Crippen molar-refractivity contribution in [3.63, 3.8) is 0 Å². The summed E-state index contributed by atoms with van der Waals surface area (Å²) in [6.07, 6.45) is 6.43. The predicted molar refractivity (Wildman–Crippen MR) is 93.7 cm³/mol. The monoisotopic (exact) mass is 350 g/mol. The molecule has 0 bridgehead atoms. The van der Waals surface area contributed by atoms with E-state index in [-0.39, 0.29) is 10.7 Å². The minimum Gasteiger partial charge on any atom is -0.298 e. The standard InChI is InChI=1S/C18H26N2O3S/c1-15(21)16-7-9-18(10-8-16)24(22,23)20-13-11-19(12-14-20)17-5-3-2-4-6-17/h7-10,17H,2-6,11-14H2,1H3. The van der Waals surface area contributed by atoms with E-state index in [9.17, 15) is 13.2 Å². The van der Waals surface area contributed by atoms with Crippen LogP contribution in [0.15, 0.2) is 29.2 Å². The third-order valence-corrected chi connectivity index (χ3v) is 7.18. The van der Waals surface area contributed by atoms with Crippen molar-refractivity contribution in [3.8, 4) is 0 Å². The van der Waals surface area contributed by atoms with Gasteiger partial charge in [0.1, 0.15) is 0 Å². The Morgan fingerprint density at radius 2 is 1.54 bits per heavy atom. The predicted octanol–water partition coefficient (Wildman–Crippen LogP) is 2.53. The van der Waals surface area contributed by atoms with Gasteiger partial charge >= 0.3 is 0 Å². The fourth-order valence-corrected chi connectivity index (χ4v) is 5.19. The zero-order valence-electron chi connectivity index (χ0n) is 14.3. The van der Waals surface area contributed by atoms with Crippen LogP contribution in [0.3, 0.4) is 0 Å². The molecule has 1 saturated carbocycles. The molecule has 3 rings (SSSR count). The molecule has 24 heavy (non-hydrogen) atoms. The van der Waals surface area contributed by atoms with E-state index in [0.717, 1.165) is 13.1 Å². The minimum absolute atomic E-state index is 0.0555. The molecular weight excluding hydrogens is 324 g/mol. The number of rotatable bonds is 4. The van der Waals surface area contributed by atoms with Crippen molar-refractivity contribution in [2.24, 2.45) is 0 Å². The van der Waals surface area contributed by atoms with Gasteiger partial charge in [0.25, 0.3) is 0 Å². The number of Topliss-reactive ketones (excluding diaryl/α,β-unsaturated/α-hetero) is 1. The Kier molecular flexibility index (Phi) is 5.37. The second-order valence-corrected chi connectivity index (χ2v) is 8.75. The molecule has 0 aromatic heterocycles. The minimum atomic E-state index is -3.46. The van der Waals surface area contributed by atoms with E-state index < -0.39 is 10.0 Å². The number of piperazine rings is 1. The molecule has 0 radical (unpaired) electrons. The lowest BCUT2D eigenvalue weighted by Gasteiger charge is -2.40. The van der Waals surface area contributed by atoms with Gasteiger partial charge in [0.15, 0.2) is 5.78 Å². The van der Waals surface area contributed by atoms with Gasteiger partial charge in [-0.1, -0.05) is 31.4 Å². The average molecular weight is 350 g/mol. The lowest BCUT2D eigenvalue weighted by Crippen LogP contribution is -2.52. The average Bonchev–Trinajstić information content (AvgIpc) is 2.62. The van der Waals surface area contributed by atoms with Crippen LogP contribution in [0.5, 0.6) is 0 Å². The first-order chi connectivity index (χ1) is 11.5. The highest BCUT2D eigenvalue weighted by molar-refractivity contribution is 7.89. The van der Waals surface area contributed by atoms with Crippen molar-refractivity contribution in [1.29, 1.82) is 0 Å². The number of ketones is 1. The van der Waals surface area contributed by atoms with Crippen LogP contribution in [0.2, 0.25) is 0 Å². The van der Waals surface area contributed by atoms with Gasteiger partial charge in [-0.25, -0.2) is 8.42 Å². The Morgan fingerprint density at radius 3 is 2.08 bits per heavy atom. The van der Waals surface area contributed by atoms with Crippen LogP contribution in [-0.4, -0.2) is 55.6 Å². The molecule has 0 N–H and O–H groups in total. The molecule has 6 heteroatoms. The van der Waals surface area contributed by atoms with Gasteiger partial charge in [-0.2, -0.15) is 4.31 Å². The van der Waals surface area contributed by atoms with Gasteiger partial charge in [-0.05, 0) is 31.9 Å². The number of benzene rings is 1. The lowest BCUT2D eigenvalue weighted by atomic mass is 9.94. The summed E-state index contributed by atoms with van der Waals surface area (Å²) in [7, 11) is -3.46. The lowest BCUT2D eigenvalue weighted by molar-refractivity contribution is 0.101. The third kappa shape index (κ3) is 3.71. The number of carbonyl (C=O) groups is 1. The number of hydrogen-bond acceptors (Lipinski definition) is 4. The Balaban J connectivity index is 1.65. The number of hydrogen-bond donors (Lipinski definition) is 0. The van der Waals surface area contributed by atoms with E-state index in [1.165, 1.54) is 39.0 Å². The second-order valence-electron chi connectivity index (χ2n) is 6.81. The molecule has 2 fully saturated rings. The zero-order valence-corrected chi connectivity index (χ0v) is 15.1. The van der Waals surface area contributed by atoms with Crippen LogP contribution in [0.4, 0.5) is 0 Å². The van der Waals surface area contributed by atoms with Gasteiger partial charge in [-0.3, -0.25) is 9.69 Å². The summed E-state index contributed by atoms with van der Waals surface area (Å²) < 4.78 is 27.1. The van der Waals surface area contributed by atoms with E-state index in [1.54, 1.807) is 28.6 Å². The van der Waals surface area contributed by atoms with Crippen molar-refractivity contribution in [2.75, 3.05) is 26.2 Å². The first-order valence-electron chi connectivity index (χ1n) is 8.84. The van der Waals surface area contributed by atoms with Gasteiger partial charge in [0.2, 0.25) is 10.0 Å². The first kappa shape index (κ1) is 17.6. The maximum Gasteiger partial charge on any atom is 0.243 e. The van der Waals surface area contributed by atoms with Crippen LogP contribution in [0.1, 0.15) is 49.4 Å². The normalized spacial score (nSPS) is 21.7. The molecule has 0 spiro atoms. The fourth-order valence-electron chi connectivity index (χ4n) is 3.77. The highest BCUT2D eigenvalue weighted by atomic mass is 32.2. The Bertz CT molecular complexity index is 671. The van der Waals surface area contributed by atoms with Crippen molar-refractivity contribution in [3.05, 3.63) is 29.8 Å². The molecule has 1 aromatic carbocycles. The molecule has 132 valence electrons. The second kappa shape index (κ2) is 7.33. The van der Waals surface area contributed by atoms with Crippen LogP contribution < -0.4 is 0 Å². The largest absolute Gasteiger partial charge is 0.298 e. The Morgan fingerprint density at radius 1 is 0.958 bits per heavy atom. The van der Waals surface area contributed by atoms with E-state index in [1.807, 2.05) is 0 Å². The van der Waals surface area contributed by atoms with Crippen LogP contribution in [0.25, 0.3) is 0 Å². The molecule has 0 unspecified atom stereocenters. The molecule has 2 aliphatic rings. The molecule has 1 aromatic rings. The van der Waals surface area contributed by atoms with Gasteiger partial charge < -0.3 is 0 Å². The summed E-state index contributed by atoms with van der Waals surface area (Å²) in [5, 5.41) is 0. The zero-order chi connectivity index (χ0) is 17.2. The molecular formula is C18H26N2O3S. The van der Waals surface area contributed by atoms with Gasteiger partial charge in [0, 0.05) is 37.8 Å². The highest BCUT2D eigenvalue weighted by Crippen LogP contribution is 2.25. The summed E-state index contributed by atoms with van der Waals surface area (Å²) in [6.45, 7) is 4.21. The first-order valence-corrected chi connectivity index (χ1v) is 10.3. The molecule has 1 aliphatic carbocycles. The van der Waals surface area contributed by atoms with Crippen molar-refractivity contribution >= 4 is 15.8 Å². The summed E-state index contributed by atoms with van der Waals surface area (Å²) in [5.41, 5.74) is 0.538. The molecule has 0 atom stereocenters. The van der Waals surface area contributed by atoms with Crippen molar-refractivity contribution in [2.45, 2.75) is 50.0 Å². The molecule has 0 amide bonds. The fraction of sp³-hybridized carbons (Fsp3) is 0.611. The van der Waals surface area contributed by atoms with Gasteiger partial charge in [0.05, 0.1) is 4.90 Å². The van der Waals surface area contributed by atoms with E-state index in [4.69, 9.17) is 0 Å². The summed E-state index contributed by atoms with van der Waals surface area (Å²) in [4.78, 5) is 14.1. The molecule has 1 heterocycles. The number of nitrogens with zero attached hydrogens (tertiary/aromatic N) is 2. The Hall–Kier alpha value is -1.24. The van der Waals surface area contributed by atoms with Crippen LogP contribution in [0, 0.1) is 0 Å². The molecule has 1 saturated heterocycles. The highest BCUT2D eigenvalue weighted by Gasteiger charge is 2.31. The maximum absolute atomic E-state index is 12.8. The van der Waals surface area contributed by atoms with E-state index >= 15 is 0 Å². The summed E-state index contributed by atoms with van der Waals surface area (Å²) >= 11 is 0. The van der Waals surface area contributed by atoms with Gasteiger partial charge in [-0.15, -0.1) is 0 Å². The number of carbonyl (C=O) groups excluding carboxylic acids is 1. The van der Waals surface area contributed by atoms with Crippen molar-refractivity contribution in [1.82, 2.24) is 9.21 Å². The Labute approximate surface area is 144 Å². The molecule has 5 nitrogen and oxygen atoms in total.